The summed E-state index contributed by atoms with van der Waals surface area (Å²) < 4.78 is 11.4. The number of halogens is 2. The predicted octanol–water partition coefficient (Wildman–Crippen LogP) is 4.66. The number of hydrogen-bond acceptors (Lipinski definition) is 4. The number of piperidine rings is 1. The van der Waals surface area contributed by atoms with Crippen molar-refractivity contribution in [1.82, 2.24) is 4.90 Å². The van der Waals surface area contributed by atoms with Crippen molar-refractivity contribution < 1.29 is 19.4 Å². The van der Waals surface area contributed by atoms with E-state index in [1.165, 1.54) is 0 Å². The molecule has 7 heteroatoms. The van der Waals surface area contributed by atoms with E-state index in [1.807, 2.05) is 39.0 Å². The van der Waals surface area contributed by atoms with E-state index >= 15 is 0 Å². The molecular formula is C21H29Cl2NO4. The predicted molar refractivity (Wildman–Crippen MR) is 110 cm³/mol. The molecule has 1 saturated carbocycles. The molecule has 0 radical (unpaired) electrons. The van der Waals surface area contributed by atoms with Gasteiger partial charge in [0.15, 0.2) is 0 Å². The summed E-state index contributed by atoms with van der Waals surface area (Å²) in [6.45, 7) is 6.76. The van der Waals surface area contributed by atoms with Crippen molar-refractivity contribution in [1.29, 1.82) is 0 Å². The Morgan fingerprint density at radius 3 is 2.61 bits per heavy atom. The molecule has 5 nitrogen and oxygen atoms in total. The van der Waals surface area contributed by atoms with Gasteiger partial charge in [-0.25, -0.2) is 4.79 Å². The highest BCUT2D eigenvalue weighted by molar-refractivity contribution is 6.42. The van der Waals surface area contributed by atoms with Crippen LogP contribution in [-0.4, -0.2) is 54.6 Å². The van der Waals surface area contributed by atoms with Crippen molar-refractivity contribution in [3.05, 3.63) is 33.8 Å². The molecule has 156 valence electrons. The fourth-order valence-corrected chi connectivity index (χ4v) is 5.15. The van der Waals surface area contributed by atoms with Crippen LogP contribution in [0.4, 0.5) is 4.79 Å². The van der Waals surface area contributed by atoms with Gasteiger partial charge in [0.2, 0.25) is 0 Å². The number of rotatable bonds is 5. The molecule has 1 aliphatic carbocycles. The van der Waals surface area contributed by atoms with Crippen LogP contribution in [0.25, 0.3) is 0 Å². The molecule has 0 spiro atoms. The number of amides is 1. The second kappa shape index (κ2) is 7.67. The molecule has 1 aromatic carbocycles. The fraction of sp³-hybridized carbons (Fsp3) is 0.667. The van der Waals surface area contributed by atoms with Gasteiger partial charge in [-0.1, -0.05) is 29.3 Å². The maximum absolute atomic E-state index is 12.7. The first-order chi connectivity index (χ1) is 13.1. The Morgan fingerprint density at radius 1 is 1.32 bits per heavy atom. The van der Waals surface area contributed by atoms with Crippen LogP contribution >= 0.6 is 23.2 Å². The van der Waals surface area contributed by atoms with Gasteiger partial charge in [0.1, 0.15) is 5.60 Å². The average molecular weight is 430 g/mol. The number of carbonyl (C=O) groups is 1. The third-order valence-electron chi connectivity index (χ3n) is 6.14. The molecule has 0 bridgehead atoms. The zero-order chi connectivity index (χ0) is 20.7. The topological polar surface area (TPSA) is 59.0 Å². The molecule has 2 fully saturated rings. The Kier molecular flexibility index (Phi) is 5.95. The Bertz CT molecular complexity index is 750. The molecule has 3 atom stereocenters. The van der Waals surface area contributed by atoms with Crippen LogP contribution in [0.1, 0.15) is 45.6 Å². The van der Waals surface area contributed by atoms with Gasteiger partial charge >= 0.3 is 6.09 Å². The zero-order valence-electron chi connectivity index (χ0n) is 16.9. The Labute approximate surface area is 176 Å². The quantitative estimate of drug-likeness (QED) is 0.738. The van der Waals surface area contributed by atoms with Gasteiger partial charge < -0.3 is 19.5 Å². The van der Waals surface area contributed by atoms with Crippen molar-refractivity contribution >= 4 is 29.3 Å². The highest BCUT2D eigenvalue weighted by atomic mass is 35.5. The van der Waals surface area contributed by atoms with Gasteiger partial charge in [0.25, 0.3) is 0 Å². The smallest absolute Gasteiger partial charge is 0.410 e. The van der Waals surface area contributed by atoms with Crippen molar-refractivity contribution in [2.45, 2.75) is 57.2 Å². The minimum atomic E-state index is -0.544. The summed E-state index contributed by atoms with van der Waals surface area (Å²) in [6, 6.07) is 5.77. The summed E-state index contributed by atoms with van der Waals surface area (Å²) >= 11 is 12.4. The minimum Gasteiger partial charge on any atom is -0.444 e. The fourth-order valence-electron chi connectivity index (χ4n) is 4.86. The number of carbonyl (C=O) groups excluding carboxylic acids is 1. The molecule has 28 heavy (non-hydrogen) atoms. The zero-order valence-corrected chi connectivity index (χ0v) is 18.4. The SMILES string of the molecule is COC(CCO)C12CN(C(=O)OC(C)(C)C)CCC1(c1ccc(Cl)c(Cl)c1)C2. The number of methoxy groups -OCH3 is 1. The monoisotopic (exact) mass is 429 g/mol. The molecule has 1 N–H and O–H groups in total. The summed E-state index contributed by atoms with van der Waals surface area (Å²) in [5.41, 5.74) is 0.148. The van der Waals surface area contributed by atoms with Gasteiger partial charge in [-0.05, 0) is 57.7 Å². The van der Waals surface area contributed by atoms with E-state index in [9.17, 15) is 9.90 Å². The molecule has 1 aromatic rings. The van der Waals surface area contributed by atoms with E-state index in [-0.39, 0.29) is 29.6 Å². The highest BCUT2D eigenvalue weighted by Crippen LogP contribution is 2.71. The largest absolute Gasteiger partial charge is 0.444 e. The first-order valence-electron chi connectivity index (χ1n) is 9.66. The first kappa shape index (κ1) is 21.7. The van der Waals surface area contributed by atoms with Crippen LogP contribution < -0.4 is 0 Å². The number of benzene rings is 1. The average Bonchev–Trinajstić information content (AvgIpc) is 3.31. The second-order valence-electron chi connectivity index (χ2n) is 8.93. The van der Waals surface area contributed by atoms with Crippen molar-refractivity contribution in [2.75, 3.05) is 26.8 Å². The van der Waals surface area contributed by atoms with E-state index in [0.717, 1.165) is 18.4 Å². The molecule has 2 aliphatic rings. The number of nitrogens with zero attached hydrogens (tertiary/aromatic N) is 1. The van der Waals surface area contributed by atoms with Crippen LogP contribution in [0, 0.1) is 5.41 Å². The number of aliphatic hydroxyl groups excluding tert-OH is 1. The molecule has 1 heterocycles. The van der Waals surface area contributed by atoms with Gasteiger partial charge in [0, 0.05) is 37.6 Å². The molecule has 1 amide bonds. The van der Waals surface area contributed by atoms with Gasteiger partial charge in [-0.2, -0.15) is 0 Å². The lowest BCUT2D eigenvalue weighted by Gasteiger charge is -2.41. The standard InChI is InChI=1S/C21H29Cl2NO4/c1-19(2,3)28-18(26)24-9-8-20(14-5-6-15(22)16(23)11-14)12-21(20,13-24)17(27-4)7-10-25/h5-6,11,17,25H,7-10,12-13H2,1-4H3. The van der Waals surface area contributed by atoms with Crippen LogP contribution in [0.5, 0.6) is 0 Å². The first-order valence-corrected chi connectivity index (χ1v) is 10.4. The number of ether oxygens (including phenoxy) is 2. The highest BCUT2D eigenvalue weighted by Gasteiger charge is 2.73. The van der Waals surface area contributed by atoms with Crippen LogP contribution in [0.15, 0.2) is 18.2 Å². The number of aliphatic hydroxyl groups is 1. The minimum absolute atomic E-state index is 0.0319. The van der Waals surface area contributed by atoms with Crippen molar-refractivity contribution in [3.8, 4) is 0 Å². The van der Waals surface area contributed by atoms with Gasteiger partial charge in [0.05, 0.1) is 16.1 Å². The maximum atomic E-state index is 12.7. The van der Waals surface area contributed by atoms with Gasteiger partial charge in [-0.3, -0.25) is 0 Å². The molecular weight excluding hydrogens is 401 g/mol. The normalized spacial score (nSPS) is 27.9. The lowest BCUT2D eigenvalue weighted by Crippen LogP contribution is -2.51. The molecule has 0 aromatic heterocycles. The summed E-state index contributed by atoms with van der Waals surface area (Å²) in [5.74, 6) is 0. The van der Waals surface area contributed by atoms with Crippen LogP contribution in [0.2, 0.25) is 10.0 Å². The Morgan fingerprint density at radius 2 is 2.04 bits per heavy atom. The summed E-state index contributed by atoms with van der Waals surface area (Å²) in [7, 11) is 1.67. The summed E-state index contributed by atoms with van der Waals surface area (Å²) in [5, 5.41) is 10.6. The van der Waals surface area contributed by atoms with E-state index in [2.05, 4.69) is 0 Å². The molecule has 3 rings (SSSR count). The van der Waals surface area contributed by atoms with Crippen molar-refractivity contribution in [2.24, 2.45) is 5.41 Å². The third kappa shape index (κ3) is 3.74. The lowest BCUT2D eigenvalue weighted by atomic mass is 9.76. The summed E-state index contributed by atoms with van der Waals surface area (Å²) in [4.78, 5) is 14.5. The second-order valence-corrected chi connectivity index (χ2v) is 9.75. The number of hydrogen-bond donors (Lipinski definition) is 1. The van der Waals surface area contributed by atoms with E-state index < -0.39 is 5.60 Å². The summed E-state index contributed by atoms with van der Waals surface area (Å²) in [6.07, 6.45) is 1.70. The van der Waals surface area contributed by atoms with E-state index in [0.29, 0.717) is 29.6 Å². The lowest BCUT2D eigenvalue weighted by molar-refractivity contribution is -0.0290. The molecule has 3 unspecified atom stereocenters. The molecule has 1 aliphatic heterocycles. The Balaban J connectivity index is 1.93. The van der Waals surface area contributed by atoms with Crippen molar-refractivity contribution in [3.63, 3.8) is 0 Å². The van der Waals surface area contributed by atoms with Crippen LogP contribution in [0.3, 0.4) is 0 Å². The van der Waals surface area contributed by atoms with Gasteiger partial charge in [-0.15, -0.1) is 0 Å². The van der Waals surface area contributed by atoms with Crippen LogP contribution in [-0.2, 0) is 14.9 Å². The number of likely N-dealkylation sites (tertiary alicyclic amines) is 1. The third-order valence-corrected chi connectivity index (χ3v) is 6.88. The number of fused-ring (bicyclic) bond motifs is 1. The maximum Gasteiger partial charge on any atom is 0.410 e. The Hall–Kier alpha value is -1.01. The van der Waals surface area contributed by atoms with E-state index in [4.69, 9.17) is 32.7 Å². The molecule has 1 saturated heterocycles. The van der Waals surface area contributed by atoms with E-state index in [1.54, 1.807) is 12.0 Å².